The lowest BCUT2D eigenvalue weighted by molar-refractivity contribution is -0.0810. The highest BCUT2D eigenvalue weighted by Gasteiger charge is 2.42. The summed E-state index contributed by atoms with van der Waals surface area (Å²) >= 11 is 0. The van der Waals surface area contributed by atoms with Crippen LogP contribution in [0.5, 0.6) is 0 Å². The molecule has 2 aliphatic heterocycles. The van der Waals surface area contributed by atoms with Crippen LogP contribution < -0.4 is 5.73 Å². The summed E-state index contributed by atoms with van der Waals surface area (Å²) in [5, 5.41) is 0. The number of hydrogen-bond acceptors (Lipinski definition) is 4. The summed E-state index contributed by atoms with van der Waals surface area (Å²) in [6, 6.07) is 0. The Balaban J connectivity index is 1.96. The Labute approximate surface area is 130 Å². The SMILES string of the molecule is CCCCC(C)C1(N)CN=CCC1OC1CCN(C)CC1. The monoisotopic (exact) mass is 295 g/mol. The van der Waals surface area contributed by atoms with Gasteiger partial charge in [-0.2, -0.15) is 0 Å². The molecular formula is C17H33N3O. The Morgan fingerprint density at radius 1 is 1.43 bits per heavy atom. The predicted octanol–water partition coefficient (Wildman–Crippen LogP) is 2.46. The molecule has 0 amide bonds. The van der Waals surface area contributed by atoms with Gasteiger partial charge in [-0.15, -0.1) is 0 Å². The van der Waals surface area contributed by atoms with Crippen LogP contribution in [-0.4, -0.2) is 55.5 Å². The first kappa shape index (κ1) is 16.9. The van der Waals surface area contributed by atoms with Crippen LogP contribution in [0.25, 0.3) is 0 Å². The minimum Gasteiger partial charge on any atom is -0.373 e. The number of rotatable bonds is 6. The summed E-state index contributed by atoms with van der Waals surface area (Å²) < 4.78 is 6.45. The molecule has 3 unspecified atom stereocenters. The fourth-order valence-corrected chi connectivity index (χ4v) is 3.50. The van der Waals surface area contributed by atoms with E-state index in [1.54, 1.807) is 0 Å². The number of piperidine rings is 1. The molecule has 0 radical (unpaired) electrons. The van der Waals surface area contributed by atoms with Crippen molar-refractivity contribution in [3.63, 3.8) is 0 Å². The highest BCUT2D eigenvalue weighted by molar-refractivity contribution is 5.60. The molecule has 122 valence electrons. The van der Waals surface area contributed by atoms with Crippen molar-refractivity contribution >= 4 is 6.21 Å². The first-order valence-electron chi connectivity index (χ1n) is 8.67. The first-order valence-corrected chi connectivity index (χ1v) is 8.67. The highest BCUT2D eigenvalue weighted by Crippen LogP contribution is 2.31. The normalized spacial score (nSPS) is 33.2. The maximum absolute atomic E-state index is 6.78. The summed E-state index contributed by atoms with van der Waals surface area (Å²) in [7, 11) is 2.18. The number of hydrogen-bond donors (Lipinski definition) is 1. The van der Waals surface area contributed by atoms with E-state index in [1.165, 1.54) is 19.3 Å². The van der Waals surface area contributed by atoms with Crippen molar-refractivity contribution in [2.75, 3.05) is 26.7 Å². The quantitative estimate of drug-likeness (QED) is 0.819. The first-order chi connectivity index (χ1) is 10.1. The van der Waals surface area contributed by atoms with Crippen LogP contribution in [0, 0.1) is 5.92 Å². The van der Waals surface area contributed by atoms with Crippen molar-refractivity contribution in [3.8, 4) is 0 Å². The third-order valence-electron chi connectivity index (χ3n) is 5.34. The molecule has 0 bridgehead atoms. The van der Waals surface area contributed by atoms with Crippen LogP contribution in [-0.2, 0) is 4.74 Å². The predicted molar refractivity (Wildman–Crippen MR) is 89.0 cm³/mol. The molecule has 2 N–H and O–H groups in total. The molecular weight excluding hydrogens is 262 g/mol. The van der Waals surface area contributed by atoms with Gasteiger partial charge in [0.05, 0.1) is 24.3 Å². The zero-order valence-corrected chi connectivity index (χ0v) is 14.1. The van der Waals surface area contributed by atoms with Crippen molar-refractivity contribution in [1.82, 2.24) is 4.90 Å². The van der Waals surface area contributed by atoms with Gasteiger partial charge in [0.2, 0.25) is 0 Å². The second kappa shape index (κ2) is 7.70. The van der Waals surface area contributed by atoms with Crippen molar-refractivity contribution in [2.24, 2.45) is 16.6 Å². The number of aliphatic imine (C=N–C) groups is 1. The van der Waals surface area contributed by atoms with Crippen molar-refractivity contribution in [2.45, 2.75) is 70.1 Å². The summed E-state index contributed by atoms with van der Waals surface area (Å²) in [5.74, 6) is 0.464. The van der Waals surface area contributed by atoms with Crippen molar-refractivity contribution < 1.29 is 4.74 Å². The van der Waals surface area contributed by atoms with E-state index in [2.05, 4.69) is 30.8 Å². The lowest BCUT2D eigenvalue weighted by atomic mass is 9.76. The molecule has 0 aromatic rings. The van der Waals surface area contributed by atoms with E-state index in [9.17, 15) is 0 Å². The zero-order valence-electron chi connectivity index (χ0n) is 14.1. The topological polar surface area (TPSA) is 50.9 Å². The minimum atomic E-state index is -0.284. The number of nitrogens with two attached hydrogens (primary N) is 1. The van der Waals surface area contributed by atoms with Crippen LogP contribution in [0.2, 0.25) is 0 Å². The molecule has 1 fully saturated rings. The number of nitrogens with zero attached hydrogens (tertiary/aromatic N) is 2. The van der Waals surface area contributed by atoms with Crippen LogP contribution >= 0.6 is 0 Å². The van der Waals surface area contributed by atoms with Gasteiger partial charge in [0.1, 0.15) is 0 Å². The standard InChI is InChI=1S/C17H33N3O/c1-4-5-6-14(2)17(18)13-19-10-7-16(17)21-15-8-11-20(3)12-9-15/h10,14-16H,4-9,11-13,18H2,1-3H3. The maximum atomic E-state index is 6.78. The Kier molecular flexibility index (Phi) is 6.20. The number of ether oxygens (including phenoxy) is 1. The summed E-state index contributed by atoms with van der Waals surface area (Å²) in [4.78, 5) is 6.85. The van der Waals surface area contributed by atoms with Gasteiger partial charge in [0.15, 0.2) is 0 Å². The Morgan fingerprint density at radius 2 is 2.14 bits per heavy atom. The second-order valence-electron chi connectivity index (χ2n) is 7.04. The molecule has 4 nitrogen and oxygen atoms in total. The van der Waals surface area contributed by atoms with Crippen LogP contribution in [0.1, 0.15) is 52.4 Å². The molecule has 0 saturated carbocycles. The van der Waals surface area contributed by atoms with Crippen LogP contribution in [0.3, 0.4) is 0 Å². The Bertz CT molecular complexity index is 339. The van der Waals surface area contributed by atoms with Gasteiger partial charge in [0.25, 0.3) is 0 Å². The molecule has 2 heterocycles. The molecule has 1 saturated heterocycles. The van der Waals surface area contributed by atoms with Crippen LogP contribution in [0.15, 0.2) is 4.99 Å². The Hall–Kier alpha value is -0.450. The van der Waals surface area contributed by atoms with E-state index in [1.807, 2.05) is 6.21 Å². The lowest BCUT2D eigenvalue weighted by Crippen LogP contribution is -2.61. The van der Waals surface area contributed by atoms with Gasteiger partial charge in [-0.25, -0.2) is 0 Å². The largest absolute Gasteiger partial charge is 0.373 e. The third kappa shape index (κ3) is 4.27. The van der Waals surface area contributed by atoms with Gasteiger partial charge < -0.3 is 15.4 Å². The van der Waals surface area contributed by atoms with Crippen LogP contribution in [0.4, 0.5) is 0 Å². The van der Waals surface area contributed by atoms with E-state index < -0.39 is 0 Å². The van der Waals surface area contributed by atoms with E-state index in [0.717, 1.165) is 38.9 Å². The maximum Gasteiger partial charge on any atom is 0.0828 e. The fourth-order valence-electron chi connectivity index (χ4n) is 3.50. The molecule has 0 aliphatic carbocycles. The van der Waals surface area contributed by atoms with Gasteiger partial charge in [0, 0.05) is 25.7 Å². The molecule has 0 aromatic heterocycles. The van der Waals surface area contributed by atoms with Gasteiger partial charge >= 0.3 is 0 Å². The molecule has 4 heteroatoms. The Morgan fingerprint density at radius 3 is 2.81 bits per heavy atom. The average molecular weight is 295 g/mol. The second-order valence-corrected chi connectivity index (χ2v) is 7.04. The molecule has 3 atom stereocenters. The zero-order chi connectivity index (χ0) is 15.3. The van der Waals surface area contributed by atoms with E-state index in [0.29, 0.717) is 12.0 Å². The summed E-state index contributed by atoms with van der Waals surface area (Å²) in [6.45, 7) is 7.50. The van der Waals surface area contributed by atoms with E-state index in [-0.39, 0.29) is 11.6 Å². The van der Waals surface area contributed by atoms with E-state index in [4.69, 9.17) is 10.5 Å². The minimum absolute atomic E-state index is 0.135. The fraction of sp³-hybridized carbons (Fsp3) is 0.941. The summed E-state index contributed by atoms with van der Waals surface area (Å²) in [6.07, 6.45) is 9.29. The van der Waals surface area contributed by atoms with Gasteiger partial charge in [-0.1, -0.05) is 26.7 Å². The lowest BCUT2D eigenvalue weighted by Gasteiger charge is -2.44. The number of unbranched alkanes of at least 4 members (excludes halogenated alkanes) is 1. The van der Waals surface area contributed by atoms with Crippen molar-refractivity contribution in [3.05, 3.63) is 0 Å². The molecule has 0 spiro atoms. The van der Waals surface area contributed by atoms with Gasteiger partial charge in [-0.3, -0.25) is 4.99 Å². The van der Waals surface area contributed by atoms with Crippen molar-refractivity contribution in [1.29, 1.82) is 0 Å². The smallest absolute Gasteiger partial charge is 0.0828 e. The number of likely N-dealkylation sites (tertiary alicyclic amines) is 1. The molecule has 0 aromatic carbocycles. The molecule has 21 heavy (non-hydrogen) atoms. The summed E-state index contributed by atoms with van der Waals surface area (Å²) in [5.41, 5.74) is 6.50. The van der Waals surface area contributed by atoms with E-state index >= 15 is 0 Å². The average Bonchev–Trinajstić information content (AvgIpc) is 2.49. The molecule has 2 rings (SSSR count). The molecule has 2 aliphatic rings. The highest BCUT2D eigenvalue weighted by atomic mass is 16.5. The third-order valence-corrected chi connectivity index (χ3v) is 5.34. The van der Waals surface area contributed by atoms with Gasteiger partial charge in [-0.05, 0) is 32.2 Å².